The van der Waals surface area contributed by atoms with Crippen LogP contribution in [0.4, 0.5) is 5.69 Å². The molecule has 2 aromatic carbocycles. The van der Waals surface area contributed by atoms with Crippen LogP contribution in [0.3, 0.4) is 0 Å². The zero-order chi connectivity index (χ0) is 28.5. The Labute approximate surface area is 238 Å². The van der Waals surface area contributed by atoms with Gasteiger partial charge in [0.2, 0.25) is 11.8 Å². The summed E-state index contributed by atoms with van der Waals surface area (Å²) in [6.45, 7) is 1.44. The lowest BCUT2D eigenvalue weighted by molar-refractivity contribution is -0.123. The van der Waals surface area contributed by atoms with Crippen molar-refractivity contribution in [1.82, 2.24) is 0 Å². The van der Waals surface area contributed by atoms with E-state index < -0.39 is 23.7 Å². The second-order valence-corrected chi connectivity index (χ2v) is 11.3. The highest BCUT2D eigenvalue weighted by Crippen LogP contribution is 2.56. The van der Waals surface area contributed by atoms with Crippen molar-refractivity contribution >= 4 is 50.8 Å². The molecule has 4 aliphatic rings. The fourth-order valence-corrected chi connectivity index (χ4v) is 7.05. The molecule has 1 aliphatic heterocycles. The van der Waals surface area contributed by atoms with Crippen molar-refractivity contribution in [1.29, 1.82) is 0 Å². The number of halogens is 1. The Morgan fingerprint density at radius 1 is 1.02 bits per heavy atom. The zero-order valence-electron chi connectivity index (χ0n) is 21.6. The van der Waals surface area contributed by atoms with Crippen LogP contribution >= 0.6 is 15.9 Å². The number of amides is 2. The van der Waals surface area contributed by atoms with Crippen LogP contribution in [-0.2, 0) is 19.2 Å². The molecule has 3 aliphatic carbocycles. The van der Waals surface area contributed by atoms with Gasteiger partial charge < -0.3 is 9.84 Å². The van der Waals surface area contributed by atoms with Crippen LogP contribution in [0, 0.1) is 17.8 Å². The van der Waals surface area contributed by atoms with Crippen LogP contribution in [0.5, 0.6) is 11.5 Å². The van der Waals surface area contributed by atoms with E-state index in [2.05, 4.69) is 15.9 Å². The highest BCUT2D eigenvalue weighted by Gasteiger charge is 2.56. The highest BCUT2D eigenvalue weighted by atomic mass is 79.9. The van der Waals surface area contributed by atoms with Crippen LogP contribution in [0.25, 0.3) is 0 Å². The number of phenolic OH excluding ortho intramolecular Hbond substituents is 1. The van der Waals surface area contributed by atoms with Gasteiger partial charge >= 0.3 is 0 Å². The number of aromatic hydroxyl groups is 1. The molecule has 0 radical (unpaired) electrons. The first kappa shape index (κ1) is 26.1. The van der Waals surface area contributed by atoms with Crippen molar-refractivity contribution in [3.63, 3.8) is 0 Å². The van der Waals surface area contributed by atoms with Crippen molar-refractivity contribution in [3.8, 4) is 11.5 Å². The van der Waals surface area contributed by atoms with Crippen LogP contribution in [-0.4, -0.2) is 41.4 Å². The molecule has 2 aromatic rings. The van der Waals surface area contributed by atoms with Gasteiger partial charge in [0.15, 0.2) is 17.3 Å². The van der Waals surface area contributed by atoms with Crippen molar-refractivity contribution in [2.45, 2.75) is 25.7 Å². The van der Waals surface area contributed by atoms with E-state index in [4.69, 9.17) is 4.74 Å². The molecule has 9 heteroatoms. The molecule has 0 spiro atoms. The molecule has 1 heterocycles. The second-order valence-electron chi connectivity index (χ2n) is 10.4. The predicted octanol–water partition coefficient (Wildman–Crippen LogP) is 4.57. The number of hydrogen-bond donors (Lipinski definition) is 1. The second kappa shape index (κ2) is 9.52. The third-order valence-electron chi connectivity index (χ3n) is 8.39. The summed E-state index contributed by atoms with van der Waals surface area (Å²) in [6.07, 6.45) is 3.63. The molecule has 0 bridgehead atoms. The van der Waals surface area contributed by atoms with Crippen molar-refractivity contribution in [3.05, 3.63) is 86.9 Å². The zero-order valence-corrected chi connectivity index (χ0v) is 23.2. The molecule has 202 valence electrons. The summed E-state index contributed by atoms with van der Waals surface area (Å²) < 4.78 is 5.71. The number of Topliss-reactive ketones (excluding diaryl/α,β-unsaturated/α-hetero) is 2. The highest BCUT2D eigenvalue weighted by molar-refractivity contribution is 9.12. The maximum Gasteiger partial charge on any atom is 0.238 e. The van der Waals surface area contributed by atoms with Crippen LogP contribution < -0.4 is 9.64 Å². The molecule has 0 aromatic heterocycles. The first-order valence-corrected chi connectivity index (χ1v) is 13.7. The number of ether oxygens (including phenoxy) is 1. The van der Waals surface area contributed by atoms with Gasteiger partial charge in [0.05, 0.1) is 29.1 Å². The molecule has 8 nitrogen and oxygen atoms in total. The maximum atomic E-state index is 14.0. The van der Waals surface area contributed by atoms with E-state index in [-0.39, 0.29) is 45.8 Å². The summed E-state index contributed by atoms with van der Waals surface area (Å²) in [4.78, 5) is 67.2. The van der Waals surface area contributed by atoms with Gasteiger partial charge in [-0.05, 0) is 71.9 Å². The van der Waals surface area contributed by atoms with Gasteiger partial charge in [-0.2, -0.15) is 0 Å². The van der Waals surface area contributed by atoms with Gasteiger partial charge in [0.25, 0.3) is 0 Å². The number of allylic oxidation sites excluding steroid dienone is 6. The number of ketones is 3. The average molecular weight is 602 g/mol. The number of carbonyl (C=O) groups is 5. The number of nitrogens with zero attached hydrogens (tertiary/aromatic N) is 1. The summed E-state index contributed by atoms with van der Waals surface area (Å²) in [5.41, 5.74) is 2.87. The number of methoxy groups -OCH3 is 1. The van der Waals surface area contributed by atoms with Crippen molar-refractivity contribution in [2.75, 3.05) is 12.0 Å². The van der Waals surface area contributed by atoms with Crippen molar-refractivity contribution < 1.29 is 33.8 Å². The summed E-state index contributed by atoms with van der Waals surface area (Å²) >= 11 is 3.22. The van der Waals surface area contributed by atoms with E-state index in [0.29, 0.717) is 40.1 Å². The number of imide groups is 1. The normalized spacial score (nSPS) is 25.7. The van der Waals surface area contributed by atoms with Gasteiger partial charge in [0.1, 0.15) is 11.5 Å². The Hall–Kier alpha value is -4.11. The minimum Gasteiger partial charge on any atom is -0.508 e. The van der Waals surface area contributed by atoms with E-state index in [9.17, 15) is 29.1 Å². The van der Waals surface area contributed by atoms with Gasteiger partial charge in [-0.1, -0.05) is 17.7 Å². The van der Waals surface area contributed by atoms with E-state index in [0.717, 1.165) is 5.57 Å². The number of benzene rings is 2. The average Bonchev–Trinajstić information content (AvgIpc) is 3.20. The molecule has 6 rings (SSSR count). The fourth-order valence-electron chi connectivity index (χ4n) is 6.60. The fraction of sp³-hybridized carbons (Fsp3) is 0.258. The molecule has 4 atom stereocenters. The van der Waals surface area contributed by atoms with Gasteiger partial charge in [0, 0.05) is 40.3 Å². The SMILES string of the molecule is COc1cc(O)ccc1C1C2=CCC3C(=O)N(c4ccc(C(C)=O)cc4)C(=O)C3C2CC2=C1C(=O)C=C(Br)C2=O. The number of phenols is 1. The summed E-state index contributed by atoms with van der Waals surface area (Å²) in [6, 6.07) is 11.0. The Morgan fingerprint density at radius 2 is 1.75 bits per heavy atom. The molecular weight excluding hydrogens is 578 g/mol. The lowest BCUT2D eigenvalue weighted by Gasteiger charge is -2.42. The molecule has 1 N–H and O–H groups in total. The first-order valence-electron chi connectivity index (χ1n) is 12.9. The standard InChI is InChI=1S/C31H24BrNO7/c1-14(34)15-3-5-16(6-4-15)33-30(38)20-10-9-18-21(27(20)31(33)39)12-22-28(24(36)13-23(32)29(22)37)26(18)19-8-7-17(35)11-25(19)40-2/h3-9,11,13,20-21,26-27,35H,10,12H2,1-2H3. The number of rotatable bonds is 4. The van der Waals surface area contributed by atoms with Crippen LogP contribution in [0.1, 0.15) is 41.6 Å². The quantitative estimate of drug-likeness (QED) is 0.236. The van der Waals surface area contributed by atoms with E-state index in [1.54, 1.807) is 30.3 Å². The lowest BCUT2D eigenvalue weighted by Crippen LogP contribution is -2.39. The summed E-state index contributed by atoms with van der Waals surface area (Å²) in [5, 5.41) is 10.1. The lowest BCUT2D eigenvalue weighted by atomic mass is 9.59. The van der Waals surface area contributed by atoms with Gasteiger partial charge in [-0.25, -0.2) is 0 Å². The molecule has 0 saturated carbocycles. The number of fused-ring (bicyclic) bond motifs is 3. The first-order chi connectivity index (χ1) is 19.1. The molecular formula is C31H24BrNO7. The van der Waals surface area contributed by atoms with Crippen LogP contribution in [0.15, 0.2) is 75.8 Å². The molecule has 1 saturated heterocycles. The summed E-state index contributed by atoms with van der Waals surface area (Å²) in [7, 11) is 1.46. The minimum absolute atomic E-state index is 0.0171. The van der Waals surface area contributed by atoms with Crippen molar-refractivity contribution in [2.24, 2.45) is 17.8 Å². The Morgan fingerprint density at radius 3 is 2.42 bits per heavy atom. The Balaban J connectivity index is 1.47. The smallest absolute Gasteiger partial charge is 0.238 e. The van der Waals surface area contributed by atoms with Gasteiger partial charge in [-0.15, -0.1) is 0 Å². The largest absolute Gasteiger partial charge is 0.508 e. The van der Waals surface area contributed by atoms with E-state index in [1.807, 2.05) is 6.08 Å². The topological polar surface area (TPSA) is 118 Å². The molecule has 4 unspecified atom stereocenters. The van der Waals surface area contributed by atoms with E-state index in [1.165, 1.54) is 37.1 Å². The monoisotopic (exact) mass is 601 g/mol. The molecule has 40 heavy (non-hydrogen) atoms. The number of anilines is 1. The maximum absolute atomic E-state index is 14.0. The third-order valence-corrected chi connectivity index (χ3v) is 8.98. The summed E-state index contributed by atoms with van der Waals surface area (Å²) in [5.74, 6) is -3.68. The minimum atomic E-state index is -0.729. The van der Waals surface area contributed by atoms with E-state index >= 15 is 0 Å². The molecule has 2 amide bonds. The Kier molecular flexibility index (Phi) is 6.22. The predicted molar refractivity (Wildman–Crippen MR) is 148 cm³/mol. The van der Waals surface area contributed by atoms with Crippen LogP contribution in [0.2, 0.25) is 0 Å². The Bertz CT molecular complexity index is 1630. The number of hydrogen-bond acceptors (Lipinski definition) is 7. The third kappa shape index (κ3) is 3.83. The van der Waals surface area contributed by atoms with Gasteiger partial charge in [-0.3, -0.25) is 28.9 Å². The number of carbonyl (C=O) groups excluding carboxylic acids is 5. The molecule has 1 fully saturated rings.